The quantitative estimate of drug-likeness (QED) is 0.858. The highest BCUT2D eigenvalue weighted by atomic mass is 79.9. The monoisotopic (exact) mass is 328 g/mol. The Morgan fingerprint density at radius 2 is 2.22 bits per heavy atom. The van der Waals surface area contributed by atoms with Crippen molar-refractivity contribution >= 4 is 39.1 Å². The molecule has 4 nitrogen and oxygen atoms in total. The first kappa shape index (κ1) is 12.2. The number of fused-ring (bicyclic) bond motifs is 1. The van der Waals surface area contributed by atoms with Gasteiger partial charge in [-0.05, 0) is 35.2 Å². The number of thiophene rings is 1. The van der Waals surface area contributed by atoms with E-state index in [1.54, 1.807) is 4.90 Å². The number of hydrogen-bond acceptors (Lipinski definition) is 3. The molecule has 2 aliphatic rings. The van der Waals surface area contributed by atoms with E-state index in [1.807, 2.05) is 5.38 Å². The molecule has 2 aliphatic heterocycles. The summed E-state index contributed by atoms with van der Waals surface area (Å²) in [4.78, 5) is 26.8. The Morgan fingerprint density at radius 1 is 1.39 bits per heavy atom. The smallest absolute Gasteiger partial charge is 0.265 e. The Morgan fingerprint density at radius 3 is 3.00 bits per heavy atom. The first-order chi connectivity index (χ1) is 8.68. The minimum Gasteiger partial charge on any atom is -0.354 e. The number of carbonyl (C=O) groups excluding carboxylic acids is 2. The fourth-order valence-corrected chi connectivity index (χ4v) is 4.17. The fraction of sp³-hybridized carbons (Fsp3) is 0.500. The molecule has 1 N–H and O–H groups in total. The first-order valence-corrected chi connectivity index (χ1v) is 7.70. The van der Waals surface area contributed by atoms with E-state index in [-0.39, 0.29) is 17.9 Å². The van der Waals surface area contributed by atoms with Gasteiger partial charge in [-0.3, -0.25) is 9.59 Å². The van der Waals surface area contributed by atoms with E-state index in [1.165, 1.54) is 11.3 Å². The second kappa shape index (κ2) is 4.66. The average Bonchev–Trinajstić information content (AvgIpc) is 2.78. The van der Waals surface area contributed by atoms with Crippen molar-refractivity contribution in [3.8, 4) is 0 Å². The summed E-state index contributed by atoms with van der Waals surface area (Å²) in [6, 6.07) is -0.300. The van der Waals surface area contributed by atoms with Crippen LogP contribution in [0.5, 0.6) is 0 Å². The van der Waals surface area contributed by atoms with Gasteiger partial charge >= 0.3 is 0 Å². The van der Waals surface area contributed by atoms with Crippen LogP contribution in [-0.4, -0.2) is 29.3 Å². The molecular formula is C12H13BrN2O2S. The first-order valence-electron chi connectivity index (χ1n) is 6.03. The molecule has 0 aliphatic carbocycles. The van der Waals surface area contributed by atoms with Crippen LogP contribution in [0.15, 0.2) is 9.85 Å². The van der Waals surface area contributed by atoms with Crippen LogP contribution in [-0.2, 0) is 11.3 Å². The molecule has 1 aromatic heterocycles. The molecule has 96 valence electrons. The number of rotatable bonds is 1. The van der Waals surface area contributed by atoms with Crippen LogP contribution in [0.4, 0.5) is 0 Å². The van der Waals surface area contributed by atoms with Crippen molar-refractivity contribution < 1.29 is 9.59 Å². The van der Waals surface area contributed by atoms with E-state index in [0.717, 1.165) is 40.7 Å². The zero-order chi connectivity index (χ0) is 12.7. The molecule has 1 fully saturated rings. The van der Waals surface area contributed by atoms with Gasteiger partial charge in [0.05, 0.1) is 4.88 Å². The molecule has 0 spiro atoms. The standard InChI is InChI=1S/C12H13BrN2O2S/c13-8-6-18-10-7(8)5-15(12(10)17)9-3-1-2-4-14-11(9)16/h6,9H,1-5H2,(H,14,16). The molecule has 0 radical (unpaired) electrons. The zero-order valence-electron chi connectivity index (χ0n) is 9.74. The Hall–Kier alpha value is -0.880. The zero-order valence-corrected chi connectivity index (χ0v) is 12.1. The van der Waals surface area contributed by atoms with Crippen LogP contribution >= 0.6 is 27.3 Å². The van der Waals surface area contributed by atoms with Crippen LogP contribution in [0.25, 0.3) is 0 Å². The van der Waals surface area contributed by atoms with E-state index in [2.05, 4.69) is 21.2 Å². The van der Waals surface area contributed by atoms with Gasteiger partial charge in [-0.1, -0.05) is 0 Å². The summed E-state index contributed by atoms with van der Waals surface area (Å²) < 4.78 is 0.979. The number of halogens is 1. The van der Waals surface area contributed by atoms with E-state index in [9.17, 15) is 9.59 Å². The van der Waals surface area contributed by atoms with Crippen molar-refractivity contribution in [3.63, 3.8) is 0 Å². The van der Waals surface area contributed by atoms with Gasteiger partial charge in [0.2, 0.25) is 5.91 Å². The van der Waals surface area contributed by atoms with Gasteiger partial charge in [-0.25, -0.2) is 0 Å². The number of nitrogens with zero attached hydrogens (tertiary/aromatic N) is 1. The maximum atomic E-state index is 12.3. The van der Waals surface area contributed by atoms with E-state index < -0.39 is 0 Å². The Labute approximate surface area is 117 Å². The molecule has 6 heteroatoms. The third-order valence-electron chi connectivity index (χ3n) is 3.51. The summed E-state index contributed by atoms with van der Waals surface area (Å²) in [5.74, 6) is -0.00474. The van der Waals surface area contributed by atoms with Crippen LogP contribution in [0.3, 0.4) is 0 Å². The topological polar surface area (TPSA) is 49.4 Å². The molecule has 1 saturated heterocycles. The third-order valence-corrected chi connectivity index (χ3v) is 5.53. The summed E-state index contributed by atoms with van der Waals surface area (Å²) in [5.41, 5.74) is 1.03. The summed E-state index contributed by atoms with van der Waals surface area (Å²) in [5, 5.41) is 4.82. The lowest BCUT2D eigenvalue weighted by Gasteiger charge is -2.25. The van der Waals surface area contributed by atoms with E-state index in [4.69, 9.17) is 0 Å². The molecule has 1 atom stereocenters. The fourth-order valence-electron chi connectivity index (χ4n) is 2.53. The highest BCUT2D eigenvalue weighted by Crippen LogP contribution is 2.36. The molecule has 1 unspecified atom stereocenters. The minimum atomic E-state index is -0.300. The normalized spacial score (nSPS) is 23.8. The van der Waals surface area contributed by atoms with Crippen molar-refractivity contribution in [3.05, 3.63) is 20.3 Å². The maximum Gasteiger partial charge on any atom is 0.265 e. The van der Waals surface area contributed by atoms with Crippen molar-refractivity contribution in [2.24, 2.45) is 0 Å². The lowest BCUT2D eigenvalue weighted by atomic mass is 10.1. The summed E-state index contributed by atoms with van der Waals surface area (Å²) >= 11 is 4.91. The average molecular weight is 329 g/mol. The molecule has 3 rings (SSSR count). The van der Waals surface area contributed by atoms with Crippen LogP contribution in [0.2, 0.25) is 0 Å². The second-order valence-electron chi connectivity index (χ2n) is 4.63. The van der Waals surface area contributed by atoms with Gasteiger partial charge in [0, 0.05) is 28.5 Å². The Kier molecular flexibility index (Phi) is 3.15. The van der Waals surface area contributed by atoms with Gasteiger partial charge < -0.3 is 10.2 Å². The van der Waals surface area contributed by atoms with Gasteiger partial charge in [-0.2, -0.15) is 0 Å². The molecule has 2 amide bonds. The molecule has 0 bridgehead atoms. The lowest BCUT2D eigenvalue weighted by Crippen LogP contribution is -2.45. The lowest BCUT2D eigenvalue weighted by molar-refractivity contribution is -0.125. The van der Waals surface area contributed by atoms with Crippen LogP contribution in [0.1, 0.15) is 34.5 Å². The van der Waals surface area contributed by atoms with Crippen LogP contribution < -0.4 is 5.32 Å². The van der Waals surface area contributed by atoms with Gasteiger partial charge in [0.25, 0.3) is 5.91 Å². The van der Waals surface area contributed by atoms with Gasteiger partial charge in [-0.15, -0.1) is 11.3 Å². The van der Waals surface area contributed by atoms with E-state index in [0.29, 0.717) is 6.54 Å². The number of amides is 2. The van der Waals surface area contributed by atoms with Crippen molar-refractivity contribution in [1.29, 1.82) is 0 Å². The molecule has 1 aromatic rings. The minimum absolute atomic E-state index is 0.00255. The Bertz CT molecular complexity index is 514. The van der Waals surface area contributed by atoms with Gasteiger partial charge in [0.15, 0.2) is 0 Å². The number of nitrogens with one attached hydrogen (secondary N) is 1. The summed E-state index contributed by atoms with van der Waals surface area (Å²) in [6.45, 7) is 1.28. The highest BCUT2D eigenvalue weighted by molar-refractivity contribution is 9.10. The number of carbonyl (C=O) groups is 2. The largest absolute Gasteiger partial charge is 0.354 e. The van der Waals surface area contributed by atoms with Crippen molar-refractivity contribution in [2.45, 2.75) is 31.8 Å². The Balaban J connectivity index is 1.86. The van der Waals surface area contributed by atoms with Crippen molar-refractivity contribution in [2.75, 3.05) is 6.54 Å². The van der Waals surface area contributed by atoms with Gasteiger partial charge in [0.1, 0.15) is 6.04 Å². The third kappa shape index (κ3) is 1.87. The SMILES string of the molecule is O=C1NCCCCC1N1Cc2c(Br)csc2C1=O. The molecule has 18 heavy (non-hydrogen) atoms. The summed E-state index contributed by atoms with van der Waals surface area (Å²) in [6.07, 6.45) is 2.75. The van der Waals surface area contributed by atoms with E-state index >= 15 is 0 Å². The predicted octanol–water partition coefficient (Wildman–Crippen LogP) is 2.14. The molecule has 0 aromatic carbocycles. The molecule has 3 heterocycles. The predicted molar refractivity (Wildman–Crippen MR) is 72.5 cm³/mol. The second-order valence-corrected chi connectivity index (χ2v) is 6.36. The maximum absolute atomic E-state index is 12.3. The van der Waals surface area contributed by atoms with Crippen molar-refractivity contribution in [1.82, 2.24) is 10.2 Å². The highest BCUT2D eigenvalue weighted by Gasteiger charge is 2.38. The summed E-state index contributed by atoms with van der Waals surface area (Å²) in [7, 11) is 0. The van der Waals surface area contributed by atoms with Crippen LogP contribution in [0, 0.1) is 0 Å². The molecular weight excluding hydrogens is 316 g/mol. The molecule has 0 saturated carbocycles. The number of hydrogen-bond donors (Lipinski definition) is 1.